The van der Waals surface area contributed by atoms with Crippen LogP contribution in [0.1, 0.15) is 22.3 Å². The highest BCUT2D eigenvalue weighted by atomic mass is 32.1. The van der Waals surface area contributed by atoms with Crippen LogP contribution in [0.25, 0.3) is 62.2 Å². The molecule has 0 unspecified atom stereocenters. The van der Waals surface area contributed by atoms with Crippen LogP contribution in [0.5, 0.6) is 0 Å². The molecule has 3 aromatic heterocycles. The highest BCUT2D eigenvalue weighted by molar-refractivity contribution is 7.33. The summed E-state index contributed by atoms with van der Waals surface area (Å²) in [5.41, 5.74) is -2.31. The van der Waals surface area contributed by atoms with Gasteiger partial charge in [0.15, 0.2) is 10.7 Å². The van der Waals surface area contributed by atoms with Gasteiger partial charge in [-0.05, 0) is 69.1 Å². The van der Waals surface area contributed by atoms with E-state index < -0.39 is 39.1 Å². The second-order valence-electron chi connectivity index (χ2n) is 16.0. The maximum absolute atomic E-state index is 15.2. The lowest BCUT2D eigenvalue weighted by molar-refractivity contribution is -0.164. The van der Waals surface area contributed by atoms with E-state index in [0.717, 1.165) is 44.2 Å². The lowest BCUT2D eigenvalue weighted by atomic mass is 9.79. The highest BCUT2D eigenvalue weighted by Gasteiger charge is 2.61. The largest absolute Gasteiger partial charge is 0.459 e. The van der Waals surface area contributed by atoms with Crippen molar-refractivity contribution in [2.75, 3.05) is 0 Å². The lowest BCUT2D eigenvalue weighted by Crippen LogP contribution is -2.45. The van der Waals surface area contributed by atoms with Crippen molar-refractivity contribution < 1.29 is 19.1 Å². The fourth-order valence-electron chi connectivity index (χ4n) is 8.99. The number of nitrogens with zero attached hydrogens (tertiary/aromatic N) is 2. The smallest absolute Gasteiger partial charge is 0.333 e. The molecule has 0 radical (unpaired) electrons. The Labute approximate surface area is 383 Å². The number of hydrogen-bond donors (Lipinski definition) is 0. The van der Waals surface area contributed by atoms with Crippen LogP contribution in [0.2, 0.25) is 0 Å². The van der Waals surface area contributed by atoms with Crippen molar-refractivity contribution in [1.29, 1.82) is 0 Å². The quantitative estimate of drug-likeness (QED) is 0.108. The molecule has 0 bridgehead atoms. The van der Waals surface area contributed by atoms with Crippen molar-refractivity contribution in [2.45, 2.75) is 18.6 Å². The zero-order chi connectivity index (χ0) is 44.8. The maximum atomic E-state index is 15.2. The molecule has 0 spiro atoms. The summed E-state index contributed by atoms with van der Waals surface area (Å²) in [5.74, 6) is -1.81. The van der Waals surface area contributed by atoms with Crippen LogP contribution < -0.4 is 32.4 Å². The van der Waals surface area contributed by atoms with E-state index >= 15 is 9.59 Å². The number of rotatable bonds is 8. The number of thiophene rings is 3. The Kier molecular flexibility index (Phi) is 9.11. The molecular formula is C53H28N2O8S3. The first-order valence-corrected chi connectivity index (χ1v) is 23.2. The Hall–Kier alpha value is -7.84. The molecule has 316 valence electrons. The molecule has 12 rings (SSSR count). The van der Waals surface area contributed by atoms with Gasteiger partial charge in [0, 0.05) is 37.4 Å². The molecule has 8 aromatic carbocycles. The predicted molar refractivity (Wildman–Crippen MR) is 259 cm³/mol. The summed E-state index contributed by atoms with van der Waals surface area (Å²) in [6.07, 6.45) is 0. The Morgan fingerprint density at radius 1 is 0.470 bits per heavy atom. The SMILES string of the molecule is O=C(OCc1ccccc1)C1(C(=O)OCc2ccccc2)c2cc(N=c3c(=O)c4cc5ccccc5cc4c3=O)sc2-c2sc3cc(N=c4c(=O)c5cc6ccccc6cc5c4=O)sc3c21. The first kappa shape index (κ1) is 39.7. The molecule has 0 N–H and O–H groups in total. The molecule has 66 heavy (non-hydrogen) atoms. The van der Waals surface area contributed by atoms with Gasteiger partial charge in [0.05, 0.1) is 14.5 Å². The zero-order valence-electron chi connectivity index (χ0n) is 34.2. The van der Waals surface area contributed by atoms with Gasteiger partial charge in [-0.15, -0.1) is 34.0 Å². The second-order valence-corrected chi connectivity index (χ2v) is 19.1. The van der Waals surface area contributed by atoms with Crippen LogP contribution in [0.3, 0.4) is 0 Å². The predicted octanol–water partition coefficient (Wildman–Crippen LogP) is 9.05. The van der Waals surface area contributed by atoms with Gasteiger partial charge in [0.2, 0.25) is 27.1 Å². The van der Waals surface area contributed by atoms with Gasteiger partial charge in [-0.25, -0.2) is 9.98 Å². The van der Waals surface area contributed by atoms with Gasteiger partial charge in [0.1, 0.15) is 23.2 Å². The minimum Gasteiger partial charge on any atom is -0.459 e. The number of esters is 2. The molecule has 0 fully saturated rings. The van der Waals surface area contributed by atoms with E-state index in [4.69, 9.17) is 9.47 Å². The fourth-order valence-corrected chi connectivity index (χ4v) is 12.9. The van der Waals surface area contributed by atoms with Crippen LogP contribution in [0.4, 0.5) is 10.0 Å². The monoisotopic (exact) mass is 916 g/mol. The van der Waals surface area contributed by atoms with E-state index in [-0.39, 0.29) is 56.0 Å². The molecule has 3 heterocycles. The average Bonchev–Trinajstić information content (AvgIpc) is 4.17. The standard InChI is InChI=1S/C53H28N2O8S3/c56-44-33-19-29-15-7-8-16-30(29)20-34(33)45(57)42(44)54-39-23-37-48(65-39)50-41(53(37,51(60)62-25-27-11-3-1-4-12-27)52(61)63-26-28-13-5-2-6-14-28)49-38(64-50)24-40(66-49)55-43-46(58)35-21-31-17-9-10-18-32(31)22-36(35)47(43)59/h1-24H,25-26H2. The summed E-state index contributed by atoms with van der Waals surface area (Å²) in [5, 5.41) is 4.37. The Balaban J connectivity index is 1.06. The number of hydrogen-bond acceptors (Lipinski definition) is 13. The molecule has 10 nitrogen and oxygen atoms in total. The molecule has 0 saturated heterocycles. The first-order valence-electron chi connectivity index (χ1n) is 20.7. The van der Waals surface area contributed by atoms with Gasteiger partial charge in [-0.1, -0.05) is 109 Å². The zero-order valence-corrected chi connectivity index (χ0v) is 36.6. The van der Waals surface area contributed by atoms with Crippen molar-refractivity contribution in [1.82, 2.24) is 0 Å². The van der Waals surface area contributed by atoms with Crippen LogP contribution >= 0.6 is 34.0 Å². The summed E-state index contributed by atoms with van der Waals surface area (Å²) >= 11 is 3.57. The highest BCUT2D eigenvalue weighted by Crippen LogP contribution is 2.62. The number of ether oxygens (including phenoxy) is 2. The van der Waals surface area contributed by atoms with E-state index in [1.54, 1.807) is 60.7 Å². The van der Waals surface area contributed by atoms with Crippen molar-refractivity contribution in [2.24, 2.45) is 9.98 Å². The molecule has 0 amide bonds. The van der Waals surface area contributed by atoms with E-state index in [1.807, 2.05) is 84.9 Å². The summed E-state index contributed by atoms with van der Waals surface area (Å²) in [6.45, 7) is -0.327. The van der Waals surface area contributed by atoms with Gasteiger partial charge in [0.25, 0.3) is 0 Å². The first-order chi connectivity index (χ1) is 32.2. The molecule has 1 aliphatic rings. The topological polar surface area (TPSA) is 146 Å². The van der Waals surface area contributed by atoms with Crippen LogP contribution in [0.15, 0.2) is 175 Å². The summed E-state index contributed by atoms with van der Waals surface area (Å²) in [4.78, 5) is 96.1. The third-order valence-electron chi connectivity index (χ3n) is 12.1. The number of carbonyl (C=O) groups excluding carboxylic acids is 2. The number of fused-ring (bicyclic) bond motifs is 9. The molecule has 13 heteroatoms. The van der Waals surface area contributed by atoms with Gasteiger partial charge < -0.3 is 9.47 Å². The lowest BCUT2D eigenvalue weighted by Gasteiger charge is -2.26. The second kappa shape index (κ2) is 15.1. The van der Waals surface area contributed by atoms with Gasteiger partial charge in [-0.2, -0.15) is 0 Å². The molecular weight excluding hydrogens is 889 g/mol. The van der Waals surface area contributed by atoms with E-state index in [1.165, 1.54) is 11.3 Å². The Morgan fingerprint density at radius 3 is 1.32 bits per heavy atom. The van der Waals surface area contributed by atoms with Crippen molar-refractivity contribution in [3.8, 4) is 9.75 Å². The molecule has 0 saturated carbocycles. The summed E-state index contributed by atoms with van der Waals surface area (Å²) in [7, 11) is 0. The maximum Gasteiger partial charge on any atom is 0.333 e. The fraction of sp³-hybridized carbons (Fsp3) is 0.0566. The third-order valence-corrected chi connectivity index (χ3v) is 15.7. The Bertz CT molecular complexity index is 4010. The normalized spacial score (nSPS) is 12.8. The van der Waals surface area contributed by atoms with Crippen LogP contribution in [-0.2, 0) is 37.7 Å². The molecule has 1 aliphatic carbocycles. The van der Waals surface area contributed by atoms with E-state index in [2.05, 4.69) is 9.98 Å². The molecule has 0 aliphatic heterocycles. The van der Waals surface area contributed by atoms with Gasteiger partial charge >= 0.3 is 11.9 Å². The number of benzene rings is 6. The van der Waals surface area contributed by atoms with Crippen LogP contribution in [-0.4, -0.2) is 11.9 Å². The third kappa shape index (κ3) is 6.04. The van der Waals surface area contributed by atoms with Gasteiger partial charge in [-0.3, -0.25) is 28.8 Å². The van der Waals surface area contributed by atoms with Crippen molar-refractivity contribution in [3.63, 3.8) is 0 Å². The summed E-state index contributed by atoms with van der Waals surface area (Å²) < 4.78 is 13.4. The molecule has 0 atom stereocenters. The number of carbonyl (C=O) groups is 2. The van der Waals surface area contributed by atoms with E-state index in [9.17, 15) is 19.2 Å². The van der Waals surface area contributed by atoms with E-state index in [0.29, 0.717) is 40.8 Å². The van der Waals surface area contributed by atoms with Crippen LogP contribution in [0, 0.1) is 0 Å². The Morgan fingerprint density at radius 2 is 0.879 bits per heavy atom. The van der Waals surface area contributed by atoms with Crippen molar-refractivity contribution in [3.05, 3.63) is 219 Å². The minimum absolute atomic E-state index is 0.163. The summed E-state index contributed by atoms with van der Waals surface area (Å²) in [6, 6.07) is 43.2. The molecule has 11 aromatic rings. The average molecular weight is 917 g/mol. The minimum atomic E-state index is -2.21. The van der Waals surface area contributed by atoms with Crippen molar-refractivity contribution >= 4 is 108 Å².